The minimum atomic E-state index is -0.977. The van der Waals surface area contributed by atoms with Crippen molar-refractivity contribution in [2.45, 2.75) is 38.6 Å². The Morgan fingerprint density at radius 3 is 2.50 bits per heavy atom. The van der Waals surface area contributed by atoms with Gasteiger partial charge in [0, 0.05) is 42.5 Å². The van der Waals surface area contributed by atoms with Crippen LogP contribution in [0.4, 0.5) is 5.69 Å². The Balaban J connectivity index is 1.76. The fourth-order valence-electron chi connectivity index (χ4n) is 3.36. The Bertz CT molecular complexity index is 1190. The van der Waals surface area contributed by atoms with Gasteiger partial charge in [-0.1, -0.05) is 30.3 Å². The standard InChI is InChI=1S/C24H24N2O6/c1-15-12-23(30)32-20-14-17(10-11-18(15)20)25-24(31)19(13-16-6-3-2-4-7-16)26-21(27)8-5-9-22(28)29/h2-4,6-7,10-12,14,19H,5,8-9,13H2,1H3,(H,25,31)(H,26,27)(H,28,29)/t19-/m0/s1. The van der Waals surface area contributed by atoms with Gasteiger partial charge in [-0.15, -0.1) is 0 Å². The van der Waals surface area contributed by atoms with Gasteiger partial charge < -0.3 is 20.2 Å². The minimum absolute atomic E-state index is 0.00524. The molecule has 1 heterocycles. The van der Waals surface area contributed by atoms with Gasteiger partial charge in [-0.05, 0) is 36.6 Å². The summed E-state index contributed by atoms with van der Waals surface area (Å²) in [5.74, 6) is -1.81. The van der Waals surface area contributed by atoms with E-state index in [2.05, 4.69) is 10.6 Å². The number of rotatable bonds is 9. The minimum Gasteiger partial charge on any atom is -0.481 e. The summed E-state index contributed by atoms with van der Waals surface area (Å²) in [5.41, 5.74) is 1.93. The van der Waals surface area contributed by atoms with Crippen molar-refractivity contribution in [3.63, 3.8) is 0 Å². The predicted molar refractivity (Wildman–Crippen MR) is 119 cm³/mol. The molecule has 166 valence electrons. The number of carboxylic acids is 1. The summed E-state index contributed by atoms with van der Waals surface area (Å²) in [7, 11) is 0. The van der Waals surface area contributed by atoms with E-state index in [9.17, 15) is 19.2 Å². The highest BCUT2D eigenvalue weighted by atomic mass is 16.4. The second-order valence-electron chi connectivity index (χ2n) is 7.51. The first-order valence-corrected chi connectivity index (χ1v) is 10.2. The van der Waals surface area contributed by atoms with E-state index in [0.29, 0.717) is 11.3 Å². The lowest BCUT2D eigenvalue weighted by Gasteiger charge is -2.19. The summed E-state index contributed by atoms with van der Waals surface area (Å²) >= 11 is 0. The molecule has 1 aromatic heterocycles. The Hall–Kier alpha value is -3.94. The molecule has 3 N–H and O–H groups in total. The zero-order chi connectivity index (χ0) is 23.1. The molecule has 2 aromatic carbocycles. The van der Waals surface area contributed by atoms with E-state index in [1.54, 1.807) is 25.1 Å². The molecular formula is C24H24N2O6. The maximum Gasteiger partial charge on any atom is 0.336 e. The van der Waals surface area contributed by atoms with E-state index in [0.717, 1.165) is 16.5 Å². The summed E-state index contributed by atoms with van der Waals surface area (Å²) in [4.78, 5) is 47.6. The number of aryl methyl sites for hydroxylation is 1. The predicted octanol–water partition coefficient (Wildman–Crippen LogP) is 3.02. The Kier molecular flexibility index (Phi) is 7.38. The lowest BCUT2D eigenvalue weighted by atomic mass is 10.0. The van der Waals surface area contributed by atoms with Gasteiger partial charge in [0.15, 0.2) is 0 Å². The molecule has 0 saturated carbocycles. The first-order valence-electron chi connectivity index (χ1n) is 10.2. The molecule has 0 unspecified atom stereocenters. The molecule has 8 nitrogen and oxygen atoms in total. The van der Waals surface area contributed by atoms with Crippen LogP contribution in [0.3, 0.4) is 0 Å². The highest BCUT2D eigenvalue weighted by Gasteiger charge is 2.22. The highest BCUT2D eigenvalue weighted by Crippen LogP contribution is 2.21. The molecule has 2 amide bonds. The van der Waals surface area contributed by atoms with Crippen molar-refractivity contribution in [2.75, 3.05) is 5.32 Å². The number of carbonyl (C=O) groups excluding carboxylic acids is 2. The lowest BCUT2D eigenvalue weighted by molar-refractivity contribution is -0.137. The molecule has 32 heavy (non-hydrogen) atoms. The molecule has 0 saturated heterocycles. The van der Waals surface area contributed by atoms with Gasteiger partial charge in [0.25, 0.3) is 0 Å². The van der Waals surface area contributed by atoms with Gasteiger partial charge in [-0.2, -0.15) is 0 Å². The van der Waals surface area contributed by atoms with Crippen molar-refractivity contribution in [1.29, 1.82) is 0 Å². The van der Waals surface area contributed by atoms with Gasteiger partial charge >= 0.3 is 11.6 Å². The van der Waals surface area contributed by atoms with E-state index in [1.807, 2.05) is 30.3 Å². The molecule has 1 atom stereocenters. The SMILES string of the molecule is Cc1cc(=O)oc2cc(NC(=O)[C@H](Cc3ccccc3)NC(=O)CCCC(=O)O)ccc12. The fraction of sp³-hybridized carbons (Fsp3) is 0.250. The van der Waals surface area contributed by atoms with Gasteiger partial charge in [0.1, 0.15) is 11.6 Å². The van der Waals surface area contributed by atoms with Crippen molar-refractivity contribution in [2.24, 2.45) is 0 Å². The largest absolute Gasteiger partial charge is 0.481 e. The number of aliphatic carboxylic acids is 1. The molecule has 0 spiro atoms. The molecule has 3 rings (SSSR count). The summed E-state index contributed by atoms with van der Waals surface area (Å²) < 4.78 is 5.22. The van der Waals surface area contributed by atoms with Gasteiger partial charge in [-0.25, -0.2) is 4.79 Å². The lowest BCUT2D eigenvalue weighted by Crippen LogP contribution is -2.45. The number of anilines is 1. The Morgan fingerprint density at radius 2 is 1.78 bits per heavy atom. The molecule has 0 aliphatic carbocycles. The van der Waals surface area contributed by atoms with Crippen LogP contribution in [0.1, 0.15) is 30.4 Å². The van der Waals surface area contributed by atoms with Crippen LogP contribution in [-0.4, -0.2) is 28.9 Å². The number of carbonyl (C=O) groups is 3. The van der Waals surface area contributed by atoms with E-state index in [-0.39, 0.29) is 25.7 Å². The second-order valence-corrected chi connectivity index (χ2v) is 7.51. The zero-order valence-corrected chi connectivity index (χ0v) is 17.6. The molecule has 0 aliphatic rings. The van der Waals surface area contributed by atoms with E-state index in [1.165, 1.54) is 6.07 Å². The summed E-state index contributed by atoms with van der Waals surface area (Å²) in [6.45, 7) is 1.80. The highest BCUT2D eigenvalue weighted by molar-refractivity contribution is 5.98. The van der Waals surface area contributed by atoms with Crippen molar-refractivity contribution in [3.8, 4) is 0 Å². The Labute approximate surface area is 184 Å². The molecule has 0 radical (unpaired) electrons. The maximum atomic E-state index is 13.0. The number of fused-ring (bicyclic) bond motifs is 1. The van der Waals surface area contributed by atoms with E-state index < -0.39 is 29.5 Å². The quantitative estimate of drug-likeness (QED) is 0.443. The number of hydrogen-bond donors (Lipinski definition) is 3. The summed E-state index contributed by atoms with van der Waals surface area (Å²) in [6, 6.07) is 14.8. The second kappa shape index (κ2) is 10.4. The van der Waals surface area contributed by atoms with Gasteiger partial charge in [-0.3, -0.25) is 14.4 Å². The van der Waals surface area contributed by atoms with Crippen molar-refractivity contribution in [1.82, 2.24) is 5.32 Å². The number of hydrogen-bond acceptors (Lipinski definition) is 5. The van der Waals surface area contributed by atoms with Crippen molar-refractivity contribution in [3.05, 3.63) is 76.1 Å². The molecule has 0 aliphatic heterocycles. The third-order valence-corrected chi connectivity index (χ3v) is 4.95. The number of carboxylic acid groups (broad SMARTS) is 1. The molecular weight excluding hydrogens is 412 g/mol. The van der Waals surface area contributed by atoms with Crippen molar-refractivity contribution >= 4 is 34.4 Å². The van der Waals surface area contributed by atoms with Crippen LogP contribution >= 0.6 is 0 Å². The van der Waals surface area contributed by atoms with Crippen LogP contribution in [0.5, 0.6) is 0 Å². The maximum absolute atomic E-state index is 13.0. The van der Waals surface area contributed by atoms with E-state index >= 15 is 0 Å². The molecule has 8 heteroatoms. The van der Waals surface area contributed by atoms with Crippen LogP contribution in [0.15, 0.2) is 63.8 Å². The number of amides is 2. The first-order chi connectivity index (χ1) is 15.3. The fourth-order valence-corrected chi connectivity index (χ4v) is 3.36. The van der Waals surface area contributed by atoms with Gasteiger partial charge in [0.05, 0.1) is 0 Å². The van der Waals surface area contributed by atoms with Crippen LogP contribution in [0, 0.1) is 6.92 Å². The van der Waals surface area contributed by atoms with Crippen LogP contribution in [-0.2, 0) is 20.8 Å². The van der Waals surface area contributed by atoms with E-state index in [4.69, 9.17) is 9.52 Å². The third-order valence-electron chi connectivity index (χ3n) is 4.95. The summed E-state index contributed by atoms with van der Waals surface area (Å²) in [5, 5.41) is 15.0. The first kappa shape index (κ1) is 22.7. The van der Waals surface area contributed by atoms with Crippen LogP contribution in [0.2, 0.25) is 0 Å². The molecule has 3 aromatic rings. The zero-order valence-electron chi connectivity index (χ0n) is 17.6. The monoisotopic (exact) mass is 436 g/mol. The normalized spacial score (nSPS) is 11.7. The average Bonchev–Trinajstić information content (AvgIpc) is 2.73. The molecule has 0 fully saturated rings. The number of benzene rings is 2. The smallest absolute Gasteiger partial charge is 0.336 e. The Morgan fingerprint density at radius 1 is 1.03 bits per heavy atom. The average molecular weight is 436 g/mol. The van der Waals surface area contributed by atoms with Crippen LogP contribution in [0.25, 0.3) is 11.0 Å². The van der Waals surface area contributed by atoms with Crippen molar-refractivity contribution < 1.29 is 23.9 Å². The van der Waals surface area contributed by atoms with Gasteiger partial charge in [0.2, 0.25) is 11.8 Å². The molecule has 0 bridgehead atoms. The third kappa shape index (κ3) is 6.28. The topological polar surface area (TPSA) is 126 Å². The number of nitrogens with one attached hydrogen (secondary N) is 2. The van der Waals surface area contributed by atoms with Crippen LogP contribution < -0.4 is 16.3 Å². The summed E-state index contributed by atoms with van der Waals surface area (Å²) in [6.07, 6.45) is 0.332.